The van der Waals surface area contributed by atoms with Crippen LogP contribution in [0.1, 0.15) is 55.4 Å². The van der Waals surface area contributed by atoms with Gasteiger partial charge in [0, 0.05) is 30.8 Å². The number of aromatic amines is 1. The quantitative estimate of drug-likeness (QED) is 0.920. The maximum absolute atomic E-state index is 12.8. The van der Waals surface area contributed by atoms with Gasteiger partial charge in [-0.3, -0.25) is 14.9 Å². The number of ether oxygens (including phenoxy) is 1. The van der Waals surface area contributed by atoms with Gasteiger partial charge < -0.3 is 9.64 Å². The standard InChI is InChI=1S/C18H23N5O2/c1-11(2)16-20-17(22-21-16)15-10-23(6-7-25-15)18(24)14-8-13(14)12-4-3-5-19-9-12/h3-5,9,11,13-15H,6-8,10H2,1-2H3,(H,20,21,22)/t13-,14+,15+/m1/s1. The fourth-order valence-corrected chi connectivity index (χ4v) is 3.37. The topological polar surface area (TPSA) is 84.0 Å². The Kier molecular flexibility index (Phi) is 4.25. The van der Waals surface area contributed by atoms with Crippen molar-refractivity contribution >= 4 is 5.91 Å². The Morgan fingerprint density at radius 2 is 2.32 bits per heavy atom. The first-order chi connectivity index (χ1) is 12.1. The summed E-state index contributed by atoms with van der Waals surface area (Å²) in [6.45, 7) is 5.79. The number of rotatable bonds is 4. The van der Waals surface area contributed by atoms with E-state index in [0.29, 0.717) is 31.4 Å². The van der Waals surface area contributed by atoms with E-state index in [1.807, 2.05) is 17.2 Å². The van der Waals surface area contributed by atoms with Crippen molar-refractivity contribution in [2.24, 2.45) is 5.92 Å². The average molecular weight is 341 g/mol. The van der Waals surface area contributed by atoms with Crippen molar-refractivity contribution in [3.63, 3.8) is 0 Å². The molecule has 1 N–H and O–H groups in total. The van der Waals surface area contributed by atoms with Gasteiger partial charge in [-0.15, -0.1) is 0 Å². The summed E-state index contributed by atoms with van der Waals surface area (Å²) in [6, 6.07) is 3.98. The van der Waals surface area contributed by atoms with Crippen LogP contribution in [0.4, 0.5) is 0 Å². The number of amides is 1. The first-order valence-corrected chi connectivity index (χ1v) is 8.86. The lowest BCUT2D eigenvalue weighted by Gasteiger charge is -2.32. The number of carbonyl (C=O) groups is 1. The summed E-state index contributed by atoms with van der Waals surface area (Å²) in [7, 11) is 0. The van der Waals surface area contributed by atoms with Gasteiger partial charge in [0.05, 0.1) is 13.2 Å². The highest BCUT2D eigenvalue weighted by atomic mass is 16.5. The number of morpholine rings is 1. The maximum Gasteiger partial charge on any atom is 0.226 e. The second-order valence-electron chi connectivity index (χ2n) is 7.11. The van der Waals surface area contributed by atoms with Gasteiger partial charge >= 0.3 is 0 Å². The number of carbonyl (C=O) groups excluding carboxylic acids is 1. The molecule has 4 rings (SSSR count). The summed E-state index contributed by atoms with van der Waals surface area (Å²) < 4.78 is 5.81. The predicted octanol–water partition coefficient (Wildman–Crippen LogP) is 2.03. The van der Waals surface area contributed by atoms with E-state index in [1.165, 1.54) is 0 Å². The van der Waals surface area contributed by atoms with Crippen molar-refractivity contribution in [1.29, 1.82) is 0 Å². The third-order valence-corrected chi connectivity index (χ3v) is 4.94. The van der Waals surface area contributed by atoms with Crippen LogP contribution in [0.2, 0.25) is 0 Å². The fraction of sp³-hybridized carbons (Fsp3) is 0.556. The van der Waals surface area contributed by atoms with E-state index in [1.54, 1.807) is 6.20 Å². The monoisotopic (exact) mass is 341 g/mol. The predicted molar refractivity (Wildman–Crippen MR) is 90.8 cm³/mol. The zero-order chi connectivity index (χ0) is 17.4. The van der Waals surface area contributed by atoms with Crippen molar-refractivity contribution in [3.8, 4) is 0 Å². The molecule has 2 aliphatic rings. The summed E-state index contributed by atoms with van der Waals surface area (Å²) >= 11 is 0. The molecule has 0 radical (unpaired) electrons. The van der Waals surface area contributed by atoms with Crippen LogP contribution in [-0.4, -0.2) is 50.7 Å². The molecule has 3 atom stereocenters. The third-order valence-electron chi connectivity index (χ3n) is 4.94. The molecule has 0 unspecified atom stereocenters. The molecular formula is C18H23N5O2. The van der Waals surface area contributed by atoms with Gasteiger partial charge in [-0.25, -0.2) is 4.98 Å². The van der Waals surface area contributed by atoms with Crippen LogP contribution in [-0.2, 0) is 9.53 Å². The van der Waals surface area contributed by atoms with Crippen LogP contribution in [0.15, 0.2) is 24.5 Å². The summed E-state index contributed by atoms with van der Waals surface area (Å²) in [5, 5.41) is 7.20. The van der Waals surface area contributed by atoms with Crippen molar-refractivity contribution in [2.45, 2.75) is 38.2 Å². The average Bonchev–Trinajstić information content (AvgIpc) is 3.29. The van der Waals surface area contributed by atoms with E-state index in [-0.39, 0.29) is 23.8 Å². The lowest BCUT2D eigenvalue weighted by molar-refractivity contribution is -0.140. The lowest BCUT2D eigenvalue weighted by atomic mass is 10.1. The highest BCUT2D eigenvalue weighted by molar-refractivity contribution is 5.83. The van der Waals surface area contributed by atoms with Crippen molar-refractivity contribution in [2.75, 3.05) is 19.7 Å². The van der Waals surface area contributed by atoms with Crippen LogP contribution < -0.4 is 0 Å². The van der Waals surface area contributed by atoms with Crippen molar-refractivity contribution in [3.05, 3.63) is 41.7 Å². The minimum absolute atomic E-state index is 0.0731. The van der Waals surface area contributed by atoms with Crippen molar-refractivity contribution in [1.82, 2.24) is 25.1 Å². The SMILES string of the molecule is CC(C)c1n[nH]c([C@@H]2CN(C(=O)[C@H]3C[C@@H]3c3cccnc3)CCO2)n1. The van der Waals surface area contributed by atoms with E-state index in [4.69, 9.17) is 4.74 Å². The molecule has 132 valence electrons. The van der Waals surface area contributed by atoms with E-state index >= 15 is 0 Å². The molecule has 1 saturated carbocycles. The molecule has 1 amide bonds. The Labute approximate surface area is 146 Å². The molecule has 0 aromatic carbocycles. The molecule has 25 heavy (non-hydrogen) atoms. The fourth-order valence-electron chi connectivity index (χ4n) is 3.37. The molecule has 0 spiro atoms. The molecule has 3 heterocycles. The number of hydrogen-bond acceptors (Lipinski definition) is 5. The molecule has 7 nitrogen and oxygen atoms in total. The minimum atomic E-state index is -0.228. The number of aromatic nitrogens is 4. The number of hydrogen-bond donors (Lipinski definition) is 1. The number of pyridine rings is 1. The first kappa shape index (κ1) is 16.2. The summed E-state index contributed by atoms with van der Waals surface area (Å²) in [4.78, 5) is 23.4. The van der Waals surface area contributed by atoms with E-state index < -0.39 is 0 Å². The molecule has 1 saturated heterocycles. The number of H-pyrrole nitrogens is 1. The van der Waals surface area contributed by atoms with Crippen LogP contribution in [0.5, 0.6) is 0 Å². The van der Waals surface area contributed by atoms with E-state index in [0.717, 1.165) is 17.8 Å². The van der Waals surface area contributed by atoms with E-state index in [9.17, 15) is 4.79 Å². The Morgan fingerprint density at radius 3 is 3.04 bits per heavy atom. The zero-order valence-corrected chi connectivity index (χ0v) is 14.6. The van der Waals surface area contributed by atoms with Crippen LogP contribution in [0, 0.1) is 5.92 Å². The first-order valence-electron chi connectivity index (χ1n) is 8.86. The van der Waals surface area contributed by atoms with Crippen LogP contribution >= 0.6 is 0 Å². The van der Waals surface area contributed by atoms with Crippen LogP contribution in [0.3, 0.4) is 0 Å². The zero-order valence-electron chi connectivity index (χ0n) is 14.6. The summed E-state index contributed by atoms with van der Waals surface area (Å²) in [6.07, 6.45) is 4.31. The van der Waals surface area contributed by atoms with Gasteiger partial charge in [-0.05, 0) is 24.0 Å². The highest BCUT2D eigenvalue weighted by Crippen LogP contribution is 2.48. The summed E-state index contributed by atoms with van der Waals surface area (Å²) in [5.74, 6) is 2.34. The smallest absolute Gasteiger partial charge is 0.226 e. The number of nitrogens with zero attached hydrogens (tertiary/aromatic N) is 4. The lowest BCUT2D eigenvalue weighted by Crippen LogP contribution is -2.43. The van der Waals surface area contributed by atoms with Crippen LogP contribution in [0.25, 0.3) is 0 Å². The van der Waals surface area contributed by atoms with Gasteiger partial charge in [0.15, 0.2) is 11.6 Å². The molecule has 1 aliphatic heterocycles. The Morgan fingerprint density at radius 1 is 1.44 bits per heavy atom. The van der Waals surface area contributed by atoms with Gasteiger partial charge in [0.1, 0.15) is 6.10 Å². The second-order valence-corrected chi connectivity index (χ2v) is 7.11. The maximum atomic E-state index is 12.8. The molecule has 1 aliphatic carbocycles. The van der Waals surface area contributed by atoms with Gasteiger partial charge in [-0.2, -0.15) is 5.10 Å². The Bertz CT molecular complexity index is 745. The normalized spacial score (nSPS) is 26.0. The molecule has 2 aromatic rings. The Hall–Kier alpha value is -2.28. The molecule has 2 aromatic heterocycles. The molecular weight excluding hydrogens is 318 g/mol. The van der Waals surface area contributed by atoms with Gasteiger partial charge in [0.25, 0.3) is 0 Å². The van der Waals surface area contributed by atoms with Gasteiger partial charge in [0.2, 0.25) is 5.91 Å². The molecule has 0 bridgehead atoms. The van der Waals surface area contributed by atoms with Gasteiger partial charge in [-0.1, -0.05) is 19.9 Å². The Balaban J connectivity index is 1.40. The van der Waals surface area contributed by atoms with Crippen molar-refractivity contribution < 1.29 is 9.53 Å². The minimum Gasteiger partial charge on any atom is -0.367 e. The van der Waals surface area contributed by atoms with E-state index in [2.05, 4.69) is 40.1 Å². The molecule has 2 fully saturated rings. The summed E-state index contributed by atoms with van der Waals surface area (Å²) in [5.41, 5.74) is 1.16. The second kappa shape index (κ2) is 6.55. The number of nitrogens with one attached hydrogen (secondary N) is 1. The third kappa shape index (κ3) is 3.28. The molecule has 7 heteroatoms. The highest BCUT2D eigenvalue weighted by Gasteiger charge is 2.46. The largest absolute Gasteiger partial charge is 0.367 e.